The standard InChI is InChI=1S/C26H33N5O6S/c1-26(2,3)37-25(33)30-20-11-6-5-10-19(20)29-21-13-17(14-27)22(24(32)36-4)23(31-21)28-18-9-7-8-16(12-18)15-38(34)35/h7-9,12-13,19-20H,5-6,10-11,15H2,1-4H3,(H,30,33)(H,34,35)(H2,28,29,31)/p-1/t19-,20+/m1/s1. The molecule has 0 saturated heterocycles. The van der Waals surface area contributed by atoms with E-state index in [1.165, 1.54) is 13.2 Å². The average molecular weight is 543 g/mol. The molecule has 2 aromatic rings. The van der Waals surface area contributed by atoms with E-state index in [1.807, 2.05) is 6.07 Å². The van der Waals surface area contributed by atoms with Crippen LogP contribution in [0, 0.1) is 11.3 Å². The van der Waals surface area contributed by atoms with Gasteiger partial charge in [-0.2, -0.15) is 5.26 Å². The normalized spacial score (nSPS) is 18.0. The maximum atomic E-state index is 12.6. The molecule has 0 radical (unpaired) electrons. The Morgan fingerprint density at radius 1 is 1.21 bits per heavy atom. The number of alkyl carbamates (subject to hydrolysis) is 1. The van der Waals surface area contributed by atoms with Crippen molar-refractivity contribution < 1.29 is 27.8 Å². The number of carbonyl (C=O) groups is 2. The number of pyridine rings is 1. The van der Waals surface area contributed by atoms with E-state index < -0.39 is 28.7 Å². The van der Waals surface area contributed by atoms with Crippen molar-refractivity contribution in [1.82, 2.24) is 10.3 Å². The Kier molecular flexibility index (Phi) is 9.66. The number of ether oxygens (including phenoxy) is 2. The van der Waals surface area contributed by atoms with Gasteiger partial charge < -0.3 is 30.0 Å². The summed E-state index contributed by atoms with van der Waals surface area (Å²) in [5.74, 6) is -0.518. The van der Waals surface area contributed by atoms with Crippen molar-refractivity contribution in [2.45, 2.75) is 69.9 Å². The highest BCUT2D eigenvalue weighted by atomic mass is 32.2. The predicted octanol–water partition coefficient (Wildman–Crippen LogP) is 4.11. The van der Waals surface area contributed by atoms with Crippen LogP contribution in [0.2, 0.25) is 0 Å². The zero-order chi connectivity index (χ0) is 27.9. The molecule has 204 valence electrons. The summed E-state index contributed by atoms with van der Waals surface area (Å²) in [6, 6.07) is 9.71. The van der Waals surface area contributed by atoms with Gasteiger partial charge in [-0.25, -0.2) is 14.6 Å². The first-order valence-corrected chi connectivity index (χ1v) is 13.4. The van der Waals surface area contributed by atoms with Crippen molar-refractivity contribution in [3.63, 3.8) is 0 Å². The zero-order valence-electron chi connectivity index (χ0n) is 21.8. The third-order valence-corrected chi connectivity index (χ3v) is 6.37. The van der Waals surface area contributed by atoms with Crippen LogP contribution in [0.15, 0.2) is 30.3 Å². The quantitative estimate of drug-likeness (QED) is 0.326. The van der Waals surface area contributed by atoms with Crippen molar-refractivity contribution in [1.29, 1.82) is 5.26 Å². The van der Waals surface area contributed by atoms with E-state index in [1.54, 1.807) is 45.0 Å². The topological polar surface area (TPSA) is 166 Å². The van der Waals surface area contributed by atoms with Crippen molar-refractivity contribution in [3.8, 4) is 6.07 Å². The summed E-state index contributed by atoms with van der Waals surface area (Å²) in [5.41, 5.74) is 0.381. The molecule has 3 rings (SSSR count). The summed E-state index contributed by atoms with van der Waals surface area (Å²) in [5, 5.41) is 19.1. The van der Waals surface area contributed by atoms with Crippen molar-refractivity contribution >= 4 is 40.5 Å². The molecule has 12 heteroatoms. The fourth-order valence-corrected chi connectivity index (χ4v) is 4.70. The number of amides is 1. The van der Waals surface area contributed by atoms with Gasteiger partial charge in [-0.3, -0.25) is 4.21 Å². The lowest BCUT2D eigenvalue weighted by atomic mass is 9.90. The van der Waals surface area contributed by atoms with Crippen LogP contribution in [0.1, 0.15) is 67.9 Å². The Labute approximate surface area is 224 Å². The molecule has 38 heavy (non-hydrogen) atoms. The van der Waals surface area contributed by atoms with E-state index in [4.69, 9.17) is 9.47 Å². The summed E-state index contributed by atoms with van der Waals surface area (Å²) in [7, 11) is 1.21. The number of rotatable bonds is 8. The number of nitriles is 1. The summed E-state index contributed by atoms with van der Waals surface area (Å²) < 4.78 is 32.6. The van der Waals surface area contributed by atoms with Crippen molar-refractivity contribution in [2.24, 2.45) is 0 Å². The molecule has 11 nitrogen and oxygen atoms in total. The molecule has 0 bridgehead atoms. The summed E-state index contributed by atoms with van der Waals surface area (Å²) in [6.45, 7) is 5.39. The first-order valence-electron chi connectivity index (χ1n) is 12.2. The highest BCUT2D eigenvalue weighted by Crippen LogP contribution is 2.29. The number of carbonyl (C=O) groups excluding carboxylic acids is 2. The van der Waals surface area contributed by atoms with Crippen LogP contribution < -0.4 is 16.0 Å². The molecular formula is C26H32N5O6S-. The van der Waals surface area contributed by atoms with Crippen LogP contribution in [0.25, 0.3) is 0 Å². The predicted molar refractivity (Wildman–Crippen MR) is 142 cm³/mol. The lowest BCUT2D eigenvalue weighted by Gasteiger charge is -2.34. The molecule has 1 unspecified atom stereocenters. The Bertz CT molecular complexity index is 1240. The number of aromatic nitrogens is 1. The van der Waals surface area contributed by atoms with E-state index >= 15 is 0 Å². The van der Waals surface area contributed by atoms with Gasteiger partial charge in [0.2, 0.25) is 0 Å². The van der Waals surface area contributed by atoms with Gasteiger partial charge in [0.15, 0.2) is 0 Å². The van der Waals surface area contributed by atoms with Crippen LogP contribution in [-0.2, 0) is 26.3 Å². The number of esters is 1. The molecule has 0 aliphatic heterocycles. The maximum Gasteiger partial charge on any atom is 0.407 e. The molecule has 0 spiro atoms. The molecule has 3 atom stereocenters. The van der Waals surface area contributed by atoms with Crippen molar-refractivity contribution in [2.75, 3.05) is 17.7 Å². The molecule has 1 aromatic heterocycles. The molecule has 1 heterocycles. The van der Waals surface area contributed by atoms with Crippen LogP contribution in [0.4, 0.5) is 22.1 Å². The summed E-state index contributed by atoms with van der Waals surface area (Å²) >= 11 is -2.27. The Morgan fingerprint density at radius 3 is 2.55 bits per heavy atom. The number of hydrogen-bond donors (Lipinski definition) is 3. The molecule has 3 N–H and O–H groups in total. The van der Waals surface area contributed by atoms with Crippen LogP contribution in [0.5, 0.6) is 0 Å². The molecule has 1 saturated carbocycles. The summed E-state index contributed by atoms with van der Waals surface area (Å²) in [4.78, 5) is 29.6. The third kappa shape index (κ3) is 8.16. The molecule has 1 aliphatic rings. The molecule has 1 amide bonds. The van der Waals surface area contributed by atoms with Gasteiger partial charge in [0.05, 0.1) is 18.7 Å². The van der Waals surface area contributed by atoms with Gasteiger partial charge in [-0.1, -0.05) is 36.1 Å². The monoisotopic (exact) mass is 542 g/mol. The van der Waals surface area contributed by atoms with E-state index in [2.05, 4.69) is 20.9 Å². The van der Waals surface area contributed by atoms with Gasteiger partial charge in [0, 0.05) is 17.5 Å². The highest BCUT2D eigenvalue weighted by molar-refractivity contribution is 7.78. The SMILES string of the molecule is COC(=O)c1c(C#N)cc(N[C@@H]2CCCC[C@@H]2NC(=O)OC(C)(C)C)nc1Nc1cccc(CS(=O)[O-])c1. The number of methoxy groups -OCH3 is 1. The van der Waals surface area contributed by atoms with Gasteiger partial charge in [0.25, 0.3) is 0 Å². The molecule has 1 aromatic carbocycles. The number of anilines is 3. The van der Waals surface area contributed by atoms with Gasteiger partial charge in [-0.05, 0) is 57.4 Å². The fourth-order valence-electron chi connectivity index (χ4n) is 4.24. The first kappa shape index (κ1) is 28.9. The molecular weight excluding hydrogens is 510 g/mol. The van der Waals surface area contributed by atoms with E-state index in [-0.39, 0.29) is 34.8 Å². The van der Waals surface area contributed by atoms with Gasteiger partial charge >= 0.3 is 12.1 Å². The zero-order valence-corrected chi connectivity index (χ0v) is 22.6. The third-order valence-electron chi connectivity index (χ3n) is 5.81. The van der Waals surface area contributed by atoms with E-state index in [9.17, 15) is 23.6 Å². The highest BCUT2D eigenvalue weighted by Gasteiger charge is 2.29. The second-order valence-electron chi connectivity index (χ2n) is 9.94. The Balaban J connectivity index is 1.92. The fraction of sp³-hybridized carbons (Fsp3) is 0.462. The largest absolute Gasteiger partial charge is 0.772 e. The van der Waals surface area contributed by atoms with E-state index in [0.29, 0.717) is 17.1 Å². The Hall–Kier alpha value is -3.69. The number of benzene rings is 1. The van der Waals surface area contributed by atoms with Crippen molar-refractivity contribution in [3.05, 3.63) is 47.0 Å². The first-order chi connectivity index (χ1) is 18.0. The minimum atomic E-state index is -2.27. The minimum Gasteiger partial charge on any atom is -0.772 e. The number of nitrogens with zero attached hydrogens (tertiary/aromatic N) is 2. The van der Waals surface area contributed by atoms with Gasteiger partial charge in [-0.15, -0.1) is 0 Å². The van der Waals surface area contributed by atoms with Crippen LogP contribution >= 0.6 is 0 Å². The summed E-state index contributed by atoms with van der Waals surface area (Å²) in [6.07, 6.45) is 2.85. The number of nitrogens with one attached hydrogen (secondary N) is 3. The van der Waals surface area contributed by atoms with Crippen LogP contribution in [-0.4, -0.2) is 50.6 Å². The average Bonchev–Trinajstić information content (AvgIpc) is 2.83. The Morgan fingerprint density at radius 2 is 1.92 bits per heavy atom. The van der Waals surface area contributed by atoms with E-state index in [0.717, 1.165) is 25.7 Å². The smallest absolute Gasteiger partial charge is 0.407 e. The molecule has 1 aliphatic carbocycles. The maximum absolute atomic E-state index is 12.6. The lowest BCUT2D eigenvalue weighted by molar-refractivity contribution is 0.0487. The minimum absolute atomic E-state index is 0.0427. The second kappa shape index (κ2) is 12.7. The van der Waals surface area contributed by atoms with Gasteiger partial charge in [0.1, 0.15) is 28.9 Å². The lowest BCUT2D eigenvalue weighted by Crippen LogP contribution is -2.49. The second-order valence-corrected chi connectivity index (χ2v) is 10.8. The number of hydrogen-bond acceptors (Lipinski definition) is 10. The van der Waals surface area contributed by atoms with Crippen LogP contribution in [0.3, 0.4) is 0 Å². The molecule has 1 fully saturated rings.